The van der Waals surface area contributed by atoms with Crippen molar-refractivity contribution in [2.24, 2.45) is 0 Å². The molecule has 3 aromatic heterocycles. The highest BCUT2D eigenvalue weighted by Crippen LogP contribution is 2.30. The second-order valence-corrected chi connectivity index (χ2v) is 6.00. The van der Waals surface area contributed by atoms with Gasteiger partial charge < -0.3 is 20.6 Å². The van der Waals surface area contributed by atoms with Crippen molar-refractivity contribution >= 4 is 11.7 Å². The molecule has 0 bridgehead atoms. The molecule has 2 atom stereocenters. The number of aromatic nitrogens is 4. The molecule has 4 N–H and O–H groups in total. The van der Waals surface area contributed by atoms with Gasteiger partial charge in [0, 0.05) is 12.6 Å². The van der Waals surface area contributed by atoms with Crippen molar-refractivity contribution in [3.63, 3.8) is 0 Å². The van der Waals surface area contributed by atoms with Crippen molar-refractivity contribution in [2.75, 3.05) is 5.73 Å². The average molecular weight is 352 g/mol. The van der Waals surface area contributed by atoms with E-state index in [0.717, 1.165) is 5.56 Å². The highest BCUT2D eigenvalue weighted by molar-refractivity contribution is 5.97. The van der Waals surface area contributed by atoms with E-state index < -0.39 is 18.1 Å². The number of pyridine rings is 1. The first-order chi connectivity index (χ1) is 12.5. The molecule has 9 nitrogen and oxygen atoms in total. The van der Waals surface area contributed by atoms with Crippen molar-refractivity contribution in [2.45, 2.75) is 25.5 Å². The molecule has 1 amide bonds. The molecule has 3 heterocycles. The predicted octanol–water partition coefficient (Wildman–Crippen LogP) is 0.805. The van der Waals surface area contributed by atoms with E-state index in [2.05, 4.69) is 25.3 Å². The minimum Gasteiger partial charge on any atom is -0.443 e. The smallest absolute Gasteiger partial charge is 0.274 e. The molecule has 3 aromatic rings. The van der Waals surface area contributed by atoms with Crippen molar-refractivity contribution in [1.29, 1.82) is 0 Å². The number of hydrogen-bond acceptors (Lipinski definition) is 8. The molecule has 0 aliphatic heterocycles. The van der Waals surface area contributed by atoms with Crippen LogP contribution in [0.5, 0.6) is 0 Å². The molecule has 9 heteroatoms. The number of nitrogen functional groups attached to an aromatic ring is 1. The summed E-state index contributed by atoms with van der Waals surface area (Å²) < 4.78 is 5.21. The molecule has 4 rings (SSSR count). The van der Waals surface area contributed by atoms with Crippen LogP contribution in [-0.2, 0) is 6.42 Å². The fraction of sp³-hybridized carbons (Fsp3) is 0.235. The first kappa shape index (κ1) is 16.2. The van der Waals surface area contributed by atoms with Crippen LogP contribution in [-0.4, -0.2) is 37.1 Å². The lowest BCUT2D eigenvalue weighted by molar-refractivity contribution is 0.0851. The first-order valence-corrected chi connectivity index (χ1v) is 8.01. The van der Waals surface area contributed by atoms with Crippen molar-refractivity contribution in [1.82, 2.24) is 25.3 Å². The summed E-state index contributed by atoms with van der Waals surface area (Å²) in [6.07, 6.45) is 4.20. The van der Waals surface area contributed by atoms with E-state index in [4.69, 9.17) is 10.2 Å². The molecule has 26 heavy (non-hydrogen) atoms. The van der Waals surface area contributed by atoms with Gasteiger partial charge in [-0.15, -0.1) is 0 Å². The lowest BCUT2D eigenvalue weighted by Gasteiger charge is -2.17. The Morgan fingerprint density at radius 1 is 1.35 bits per heavy atom. The van der Waals surface area contributed by atoms with Gasteiger partial charge in [0.05, 0.1) is 29.7 Å². The minimum absolute atomic E-state index is 0.0191. The van der Waals surface area contributed by atoms with E-state index in [-0.39, 0.29) is 17.4 Å². The number of nitrogens with one attached hydrogen (secondary N) is 1. The van der Waals surface area contributed by atoms with Crippen LogP contribution in [0.15, 0.2) is 35.2 Å². The Bertz CT molecular complexity index is 973. The number of aliphatic hydroxyl groups is 1. The van der Waals surface area contributed by atoms with E-state index in [0.29, 0.717) is 23.5 Å². The van der Waals surface area contributed by atoms with Crippen LogP contribution >= 0.6 is 0 Å². The highest BCUT2D eigenvalue weighted by atomic mass is 16.3. The molecule has 0 spiro atoms. The number of oxazole rings is 1. The summed E-state index contributed by atoms with van der Waals surface area (Å²) in [7, 11) is 0. The van der Waals surface area contributed by atoms with E-state index in [1.807, 2.05) is 6.07 Å². The summed E-state index contributed by atoms with van der Waals surface area (Å²) in [5.74, 6) is -0.298. The van der Waals surface area contributed by atoms with Gasteiger partial charge in [-0.25, -0.2) is 15.0 Å². The number of amides is 1. The number of carbonyl (C=O) groups excluding carboxylic acids is 1. The van der Waals surface area contributed by atoms with Crippen LogP contribution in [0, 0.1) is 6.92 Å². The van der Waals surface area contributed by atoms with E-state index in [9.17, 15) is 9.90 Å². The number of hydrogen-bond donors (Lipinski definition) is 3. The molecule has 1 aliphatic rings. The average Bonchev–Trinajstić information content (AvgIpc) is 3.25. The van der Waals surface area contributed by atoms with Gasteiger partial charge in [0.15, 0.2) is 11.5 Å². The van der Waals surface area contributed by atoms with E-state index in [1.165, 1.54) is 12.5 Å². The van der Waals surface area contributed by atoms with Gasteiger partial charge in [-0.3, -0.25) is 9.78 Å². The van der Waals surface area contributed by atoms with Gasteiger partial charge in [-0.2, -0.15) is 0 Å². The molecule has 1 aliphatic carbocycles. The maximum absolute atomic E-state index is 12.7. The topological polar surface area (TPSA) is 140 Å². The zero-order chi connectivity index (χ0) is 18.3. The van der Waals surface area contributed by atoms with Gasteiger partial charge >= 0.3 is 0 Å². The molecule has 2 unspecified atom stereocenters. The van der Waals surface area contributed by atoms with Gasteiger partial charge in [-0.1, -0.05) is 6.07 Å². The predicted molar refractivity (Wildman–Crippen MR) is 90.8 cm³/mol. The molecular formula is C17H16N6O3. The van der Waals surface area contributed by atoms with Crippen LogP contribution in [0.3, 0.4) is 0 Å². The summed E-state index contributed by atoms with van der Waals surface area (Å²) in [5, 5.41) is 13.0. The Labute approximate surface area is 148 Å². The summed E-state index contributed by atoms with van der Waals surface area (Å²) in [5.41, 5.74) is 8.28. The monoisotopic (exact) mass is 352 g/mol. The number of fused-ring (bicyclic) bond motifs is 1. The summed E-state index contributed by atoms with van der Waals surface area (Å²) in [6, 6.07) is 3.05. The Morgan fingerprint density at radius 3 is 2.96 bits per heavy atom. The summed E-state index contributed by atoms with van der Waals surface area (Å²) in [4.78, 5) is 29.4. The minimum atomic E-state index is -0.759. The highest BCUT2D eigenvalue weighted by Gasteiger charge is 2.34. The summed E-state index contributed by atoms with van der Waals surface area (Å²) in [6.45, 7) is 1.68. The Morgan fingerprint density at radius 2 is 2.19 bits per heavy atom. The molecule has 0 aromatic carbocycles. The zero-order valence-electron chi connectivity index (χ0n) is 13.9. The number of aliphatic hydroxyl groups excluding tert-OH is 1. The van der Waals surface area contributed by atoms with E-state index in [1.54, 1.807) is 19.2 Å². The maximum atomic E-state index is 12.7. The van der Waals surface area contributed by atoms with Crippen molar-refractivity contribution < 1.29 is 14.3 Å². The Balaban J connectivity index is 1.62. The molecule has 0 radical (unpaired) electrons. The molecule has 0 saturated carbocycles. The quantitative estimate of drug-likeness (QED) is 0.629. The van der Waals surface area contributed by atoms with Gasteiger partial charge in [0.25, 0.3) is 5.91 Å². The third-order valence-electron chi connectivity index (χ3n) is 4.27. The molecular weight excluding hydrogens is 336 g/mol. The van der Waals surface area contributed by atoms with Gasteiger partial charge in [-0.05, 0) is 18.6 Å². The second-order valence-electron chi connectivity index (χ2n) is 6.00. The number of rotatable bonds is 3. The normalized spacial score (nSPS) is 18.5. The Hall–Kier alpha value is -3.33. The third-order valence-corrected chi connectivity index (χ3v) is 4.27. The molecule has 132 valence electrons. The maximum Gasteiger partial charge on any atom is 0.274 e. The van der Waals surface area contributed by atoms with Crippen LogP contribution in [0.2, 0.25) is 0 Å². The molecule has 0 saturated heterocycles. The van der Waals surface area contributed by atoms with Crippen LogP contribution < -0.4 is 11.1 Å². The SMILES string of the molecule is Cc1nc(C(=O)NC2c3ncccc3CC2O)c(N)nc1-c1ncco1. The van der Waals surface area contributed by atoms with Crippen LogP contribution in [0.25, 0.3) is 11.6 Å². The Kier molecular flexibility index (Phi) is 3.85. The summed E-state index contributed by atoms with van der Waals surface area (Å²) >= 11 is 0. The largest absolute Gasteiger partial charge is 0.443 e. The standard InChI is InChI=1S/C17H16N6O3/c1-8-11(17-20-5-6-26-17)22-15(18)14(21-8)16(25)23-13-10(24)7-9-3-2-4-19-12(9)13/h2-6,10,13,24H,7H2,1H3,(H2,18,22)(H,23,25). The number of nitrogens with zero attached hydrogens (tertiary/aromatic N) is 4. The number of anilines is 1. The zero-order valence-corrected chi connectivity index (χ0v) is 13.9. The number of nitrogens with two attached hydrogens (primary N) is 1. The second kappa shape index (κ2) is 6.19. The first-order valence-electron chi connectivity index (χ1n) is 8.01. The lowest BCUT2D eigenvalue weighted by atomic mass is 10.2. The fourth-order valence-electron chi connectivity index (χ4n) is 3.05. The third kappa shape index (κ3) is 2.68. The van der Waals surface area contributed by atoms with Crippen molar-refractivity contribution in [3.05, 3.63) is 53.4 Å². The van der Waals surface area contributed by atoms with Gasteiger partial charge in [0.1, 0.15) is 12.0 Å². The number of carbonyl (C=O) groups is 1. The molecule has 0 fully saturated rings. The number of aryl methyl sites for hydroxylation is 1. The van der Waals surface area contributed by atoms with Crippen LogP contribution in [0.1, 0.15) is 33.5 Å². The van der Waals surface area contributed by atoms with Gasteiger partial charge in [0.2, 0.25) is 5.89 Å². The fourth-order valence-corrected chi connectivity index (χ4v) is 3.05. The van der Waals surface area contributed by atoms with Crippen molar-refractivity contribution in [3.8, 4) is 11.6 Å². The van der Waals surface area contributed by atoms with Crippen LogP contribution in [0.4, 0.5) is 5.82 Å². The van der Waals surface area contributed by atoms with E-state index >= 15 is 0 Å². The lowest BCUT2D eigenvalue weighted by Crippen LogP contribution is -2.35.